The molecule has 0 unspecified atom stereocenters. The standard InChI is InChI=1S/C16H20N4O2.ClH/c1-17-10-5-11-18-16(22)14-8-9-15(21)20(19-14)12-13-6-3-2-4-7-13;/h2-4,6-9,17H,5,10-12H2,1H3,(H,18,22);1H. The van der Waals surface area contributed by atoms with Crippen LogP contribution in [0.15, 0.2) is 47.3 Å². The van der Waals surface area contributed by atoms with E-state index in [1.807, 2.05) is 37.4 Å². The van der Waals surface area contributed by atoms with Crippen molar-refractivity contribution >= 4 is 18.3 Å². The van der Waals surface area contributed by atoms with Crippen LogP contribution in [0.25, 0.3) is 0 Å². The van der Waals surface area contributed by atoms with Gasteiger partial charge in [0.2, 0.25) is 0 Å². The number of benzene rings is 1. The Bertz CT molecular complexity index is 673. The van der Waals surface area contributed by atoms with Crippen molar-refractivity contribution in [2.75, 3.05) is 20.1 Å². The fourth-order valence-corrected chi connectivity index (χ4v) is 2.00. The molecule has 23 heavy (non-hydrogen) atoms. The molecule has 2 rings (SSSR count). The molecule has 0 saturated heterocycles. The molecule has 0 aliphatic rings. The van der Waals surface area contributed by atoms with E-state index in [0.717, 1.165) is 18.5 Å². The molecule has 1 heterocycles. The summed E-state index contributed by atoms with van der Waals surface area (Å²) in [7, 11) is 1.86. The van der Waals surface area contributed by atoms with Crippen molar-refractivity contribution in [2.45, 2.75) is 13.0 Å². The predicted molar refractivity (Wildman–Crippen MR) is 92.2 cm³/mol. The lowest BCUT2D eigenvalue weighted by molar-refractivity contribution is 0.0946. The summed E-state index contributed by atoms with van der Waals surface area (Å²) in [4.78, 5) is 23.9. The van der Waals surface area contributed by atoms with Crippen molar-refractivity contribution in [2.24, 2.45) is 0 Å². The van der Waals surface area contributed by atoms with E-state index in [1.165, 1.54) is 16.8 Å². The molecule has 124 valence electrons. The molecule has 0 spiro atoms. The zero-order valence-electron chi connectivity index (χ0n) is 13.0. The van der Waals surface area contributed by atoms with E-state index in [1.54, 1.807) is 0 Å². The molecule has 2 aromatic rings. The van der Waals surface area contributed by atoms with Gasteiger partial charge in [-0.2, -0.15) is 5.10 Å². The van der Waals surface area contributed by atoms with Gasteiger partial charge in [-0.25, -0.2) is 4.68 Å². The minimum atomic E-state index is -0.266. The largest absolute Gasteiger partial charge is 0.351 e. The number of nitrogens with zero attached hydrogens (tertiary/aromatic N) is 2. The molecule has 0 aliphatic carbocycles. The van der Waals surface area contributed by atoms with Gasteiger partial charge in [-0.1, -0.05) is 30.3 Å². The van der Waals surface area contributed by atoms with Crippen LogP contribution in [0.2, 0.25) is 0 Å². The van der Waals surface area contributed by atoms with E-state index < -0.39 is 0 Å². The van der Waals surface area contributed by atoms with Crippen molar-refractivity contribution in [3.05, 3.63) is 64.1 Å². The Morgan fingerprint density at radius 2 is 1.87 bits per heavy atom. The summed E-state index contributed by atoms with van der Waals surface area (Å²) in [6.07, 6.45) is 0.839. The molecule has 1 amide bonds. The third-order valence-electron chi connectivity index (χ3n) is 3.16. The van der Waals surface area contributed by atoms with Crippen LogP contribution in [0.1, 0.15) is 22.5 Å². The number of amides is 1. The van der Waals surface area contributed by atoms with E-state index in [2.05, 4.69) is 15.7 Å². The first-order valence-electron chi connectivity index (χ1n) is 7.25. The number of aromatic nitrogens is 2. The third kappa shape index (κ3) is 5.84. The van der Waals surface area contributed by atoms with Crippen LogP contribution in [0.5, 0.6) is 0 Å². The second kappa shape index (κ2) is 9.76. The Morgan fingerprint density at radius 3 is 2.57 bits per heavy atom. The monoisotopic (exact) mass is 336 g/mol. The van der Waals surface area contributed by atoms with Gasteiger partial charge >= 0.3 is 0 Å². The molecule has 0 bridgehead atoms. The first-order chi connectivity index (χ1) is 10.7. The molecule has 1 aromatic carbocycles. The summed E-state index contributed by atoms with van der Waals surface area (Å²) in [5, 5.41) is 9.94. The van der Waals surface area contributed by atoms with E-state index in [-0.39, 0.29) is 29.6 Å². The van der Waals surface area contributed by atoms with E-state index >= 15 is 0 Å². The van der Waals surface area contributed by atoms with Crippen LogP contribution in [-0.2, 0) is 6.54 Å². The molecule has 0 aliphatic heterocycles. The van der Waals surface area contributed by atoms with Crippen molar-refractivity contribution in [3.63, 3.8) is 0 Å². The van der Waals surface area contributed by atoms with Gasteiger partial charge in [-0.3, -0.25) is 9.59 Å². The molecule has 0 radical (unpaired) electrons. The van der Waals surface area contributed by atoms with Gasteiger partial charge in [0.05, 0.1) is 6.54 Å². The minimum Gasteiger partial charge on any atom is -0.351 e. The summed E-state index contributed by atoms with van der Waals surface area (Å²) >= 11 is 0. The maximum atomic E-state index is 12.0. The average Bonchev–Trinajstić information content (AvgIpc) is 2.54. The normalized spacial score (nSPS) is 9.96. The molecule has 1 aromatic heterocycles. The quantitative estimate of drug-likeness (QED) is 0.741. The Hall–Kier alpha value is -2.18. The lowest BCUT2D eigenvalue weighted by Gasteiger charge is -2.08. The van der Waals surface area contributed by atoms with Gasteiger partial charge in [0.15, 0.2) is 0 Å². The van der Waals surface area contributed by atoms with Gasteiger partial charge in [0, 0.05) is 12.6 Å². The third-order valence-corrected chi connectivity index (χ3v) is 3.16. The highest BCUT2D eigenvalue weighted by molar-refractivity contribution is 5.91. The van der Waals surface area contributed by atoms with Gasteiger partial charge in [0.1, 0.15) is 5.69 Å². The van der Waals surface area contributed by atoms with E-state index in [4.69, 9.17) is 0 Å². The Morgan fingerprint density at radius 1 is 1.13 bits per heavy atom. The van der Waals surface area contributed by atoms with Gasteiger partial charge in [-0.15, -0.1) is 12.4 Å². The lowest BCUT2D eigenvalue weighted by Crippen LogP contribution is -2.31. The van der Waals surface area contributed by atoms with Crippen molar-refractivity contribution < 1.29 is 4.79 Å². The van der Waals surface area contributed by atoms with Crippen LogP contribution < -0.4 is 16.2 Å². The molecule has 2 N–H and O–H groups in total. The van der Waals surface area contributed by atoms with Gasteiger partial charge in [0.25, 0.3) is 11.5 Å². The number of nitrogens with one attached hydrogen (secondary N) is 2. The van der Waals surface area contributed by atoms with Crippen LogP contribution in [-0.4, -0.2) is 35.8 Å². The van der Waals surface area contributed by atoms with Crippen molar-refractivity contribution in [3.8, 4) is 0 Å². The topological polar surface area (TPSA) is 76.0 Å². The van der Waals surface area contributed by atoms with Gasteiger partial charge in [-0.05, 0) is 31.6 Å². The second-order valence-electron chi connectivity index (χ2n) is 4.91. The zero-order chi connectivity index (χ0) is 15.8. The first kappa shape index (κ1) is 18.9. The van der Waals surface area contributed by atoms with Crippen molar-refractivity contribution in [1.29, 1.82) is 0 Å². The summed E-state index contributed by atoms with van der Waals surface area (Å²) in [5.74, 6) is -0.266. The highest BCUT2D eigenvalue weighted by atomic mass is 35.5. The Balaban J connectivity index is 0.00000264. The van der Waals surface area contributed by atoms with E-state index in [9.17, 15) is 9.59 Å². The molecule has 6 nitrogen and oxygen atoms in total. The summed E-state index contributed by atoms with van der Waals surface area (Å²) in [5.41, 5.74) is 0.985. The Kier molecular flexibility index (Phi) is 8.01. The number of halogens is 1. The summed E-state index contributed by atoms with van der Waals surface area (Å²) in [6, 6.07) is 12.4. The fraction of sp³-hybridized carbons (Fsp3) is 0.312. The molecular formula is C16H21ClN4O2. The molecule has 7 heteroatoms. The average molecular weight is 337 g/mol. The minimum absolute atomic E-state index is 0. The van der Waals surface area contributed by atoms with Gasteiger partial charge < -0.3 is 10.6 Å². The molecule has 0 fully saturated rings. The second-order valence-corrected chi connectivity index (χ2v) is 4.91. The van der Waals surface area contributed by atoms with Crippen LogP contribution >= 0.6 is 12.4 Å². The predicted octanol–water partition coefficient (Wildman–Crippen LogP) is 1.05. The first-order valence-corrected chi connectivity index (χ1v) is 7.25. The number of hydrogen-bond donors (Lipinski definition) is 2. The number of carbonyl (C=O) groups is 1. The molecular weight excluding hydrogens is 316 g/mol. The number of rotatable bonds is 7. The smallest absolute Gasteiger partial charge is 0.271 e. The van der Waals surface area contributed by atoms with E-state index in [0.29, 0.717) is 13.1 Å². The highest BCUT2D eigenvalue weighted by Gasteiger charge is 2.09. The maximum Gasteiger partial charge on any atom is 0.271 e. The van der Waals surface area contributed by atoms with Crippen LogP contribution in [0.4, 0.5) is 0 Å². The maximum absolute atomic E-state index is 12.0. The molecule has 0 atom stereocenters. The van der Waals surface area contributed by atoms with Crippen molar-refractivity contribution in [1.82, 2.24) is 20.4 Å². The zero-order valence-corrected chi connectivity index (χ0v) is 13.8. The SMILES string of the molecule is CNCCCNC(=O)c1ccc(=O)n(Cc2ccccc2)n1.Cl. The lowest BCUT2D eigenvalue weighted by atomic mass is 10.2. The summed E-state index contributed by atoms with van der Waals surface area (Å²) in [6.45, 7) is 1.75. The number of carbonyl (C=O) groups excluding carboxylic acids is 1. The molecule has 0 saturated carbocycles. The Labute approximate surface area is 141 Å². The number of hydrogen-bond acceptors (Lipinski definition) is 4. The fourth-order valence-electron chi connectivity index (χ4n) is 2.00. The van der Waals surface area contributed by atoms with Crippen LogP contribution in [0, 0.1) is 0 Å². The summed E-state index contributed by atoms with van der Waals surface area (Å²) < 4.78 is 1.30. The van der Waals surface area contributed by atoms with Crippen LogP contribution in [0.3, 0.4) is 0 Å². The highest BCUT2D eigenvalue weighted by Crippen LogP contribution is 2.00.